The van der Waals surface area contributed by atoms with Crippen LogP contribution in [0.1, 0.15) is 16.7 Å². The Balaban J connectivity index is 2.17. The lowest BCUT2D eigenvalue weighted by Crippen LogP contribution is -2.02. The first kappa shape index (κ1) is 12.4. The van der Waals surface area contributed by atoms with Crippen molar-refractivity contribution in [1.29, 1.82) is 0 Å². The number of anilines is 1. The number of aryl methyl sites for hydroxylation is 1. The Morgan fingerprint density at radius 2 is 1.83 bits per heavy atom. The van der Waals surface area contributed by atoms with E-state index in [1.165, 1.54) is 6.07 Å². The molecule has 2 rings (SSSR count). The van der Waals surface area contributed by atoms with Crippen molar-refractivity contribution in [3.8, 4) is 5.75 Å². The Labute approximate surface area is 106 Å². The molecule has 3 heteroatoms. The van der Waals surface area contributed by atoms with Crippen LogP contribution >= 0.6 is 0 Å². The summed E-state index contributed by atoms with van der Waals surface area (Å²) < 4.78 is 13.4. The molecule has 0 bridgehead atoms. The van der Waals surface area contributed by atoms with Crippen molar-refractivity contribution in [1.82, 2.24) is 0 Å². The topological polar surface area (TPSA) is 32.3 Å². The van der Waals surface area contributed by atoms with Crippen LogP contribution in [0, 0.1) is 19.7 Å². The highest BCUT2D eigenvalue weighted by Crippen LogP contribution is 2.24. The van der Waals surface area contributed by atoms with Crippen LogP contribution in [-0.4, -0.2) is 5.11 Å². The molecule has 0 saturated carbocycles. The van der Waals surface area contributed by atoms with Gasteiger partial charge in [0, 0.05) is 23.4 Å². The first-order valence-corrected chi connectivity index (χ1v) is 5.86. The summed E-state index contributed by atoms with van der Waals surface area (Å²) in [6.45, 7) is 4.05. The zero-order chi connectivity index (χ0) is 13.1. The number of halogens is 1. The number of para-hydroxylation sites is 1. The van der Waals surface area contributed by atoms with E-state index < -0.39 is 0 Å². The minimum Gasteiger partial charge on any atom is -0.507 e. The maximum atomic E-state index is 13.4. The van der Waals surface area contributed by atoms with Gasteiger partial charge in [-0.1, -0.05) is 24.3 Å². The van der Waals surface area contributed by atoms with Crippen LogP contribution in [0.5, 0.6) is 5.75 Å². The standard InChI is InChI=1S/C15H16FNO/c1-10-5-3-6-12(15(10)18)9-17-14-8-4-7-13(16)11(14)2/h3-8,17-18H,9H2,1-2H3. The molecule has 0 radical (unpaired) electrons. The van der Waals surface area contributed by atoms with Gasteiger partial charge in [-0.05, 0) is 31.5 Å². The molecule has 0 spiro atoms. The largest absolute Gasteiger partial charge is 0.507 e. The molecule has 0 fully saturated rings. The van der Waals surface area contributed by atoms with Gasteiger partial charge in [-0.15, -0.1) is 0 Å². The van der Waals surface area contributed by atoms with E-state index in [-0.39, 0.29) is 5.82 Å². The van der Waals surface area contributed by atoms with Gasteiger partial charge in [-0.3, -0.25) is 0 Å². The first-order valence-electron chi connectivity index (χ1n) is 5.86. The van der Waals surface area contributed by atoms with Gasteiger partial charge in [0.1, 0.15) is 11.6 Å². The maximum Gasteiger partial charge on any atom is 0.128 e. The molecule has 2 nitrogen and oxygen atoms in total. The molecule has 0 aliphatic carbocycles. The van der Waals surface area contributed by atoms with E-state index in [9.17, 15) is 9.50 Å². The molecule has 0 aliphatic heterocycles. The van der Waals surface area contributed by atoms with Gasteiger partial charge in [-0.25, -0.2) is 4.39 Å². The lowest BCUT2D eigenvalue weighted by atomic mass is 10.1. The molecule has 0 aromatic heterocycles. The van der Waals surface area contributed by atoms with Crippen LogP contribution in [0.4, 0.5) is 10.1 Å². The molecular weight excluding hydrogens is 229 g/mol. The minimum absolute atomic E-state index is 0.228. The summed E-state index contributed by atoms with van der Waals surface area (Å²) >= 11 is 0. The number of nitrogens with one attached hydrogen (secondary N) is 1. The normalized spacial score (nSPS) is 10.4. The smallest absolute Gasteiger partial charge is 0.128 e. The fraction of sp³-hybridized carbons (Fsp3) is 0.200. The summed E-state index contributed by atoms with van der Waals surface area (Å²) in [6, 6.07) is 10.5. The predicted molar refractivity (Wildman–Crippen MR) is 71.3 cm³/mol. The Morgan fingerprint density at radius 1 is 1.11 bits per heavy atom. The van der Waals surface area contributed by atoms with E-state index in [0.29, 0.717) is 17.9 Å². The number of benzene rings is 2. The van der Waals surface area contributed by atoms with Gasteiger partial charge in [0.15, 0.2) is 0 Å². The zero-order valence-electron chi connectivity index (χ0n) is 10.5. The molecule has 0 unspecified atom stereocenters. The second-order valence-electron chi connectivity index (χ2n) is 4.35. The number of hydrogen-bond acceptors (Lipinski definition) is 2. The molecule has 2 aromatic rings. The van der Waals surface area contributed by atoms with Gasteiger partial charge >= 0.3 is 0 Å². The average Bonchev–Trinajstić information content (AvgIpc) is 2.36. The second-order valence-corrected chi connectivity index (χ2v) is 4.35. The maximum absolute atomic E-state index is 13.4. The minimum atomic E-state index is -0.228. The summed E-state index contributed by atoms with van der Waals surface area (Å²) in [7, 11) is 0. The molecule has 0 aliphatic rings. The molecule has 18 heavy (non-hydrogen) atoms. The highest BCUT2D eigenvalue weighted by atomic mass is 19.1. The molecule has 2 aromatic carbocycles. The second kappa shape index (κ2) is 5.08. The van der Waals surface area contributed by atoms with Gasteiger partial charge in [-0.2, -0.15) is 0 Å². The van der Waals surface area contributed by atoms with Crippen molar-refractivity contribution in [3.05, 3.63) is 58.9 Å². The van der Waals surface area contributed by atoms with Crippen LogP contribution in [0.3, 0.4) is 0 Å². The molecule has 94 valence electrons. The van der Waals surface area contributed by atoms with Crippen molar-refractivity contribution in [2.45, 2.75) is 20.4 Å². The molecule has 0 atom stereocenters. The number of rotatable bonds is 3. The lowest BCUT2D eigenvalue weighted by Gasteiger charge is -2.12. The summed E-state index contributed by atoms with van der Waals surface area (Å²) in [6.07, 6.45) is 0. The Morgan fingerprint density at radius 3 is 2.61 bits per heavy atom. The number of aromatic hydroxyl groups is 1. The van der Waals surface area contributed by atoms with Crippen molar-refractivity contribution in [2.24, 2.45) is 0 Å². The van der Waals surface area contributed by atoms with Crippen LogP contribution in [0.2, 0.25) is 0 Å². The summed E-state index contributed by atoms with van der Waals surface area (Å²) in [5.74, 6) is 0.0625. The lowest BCUT2D eigenvalue weighted by molar-refractivity contribution is 0.465. The summed E-state index contributed by atoms with van der Waals surface area (Å²) in [5, 5.41) is 13.0. The Bertz CT molecular complexity index is 515. The molecule has 0 saturated heterocycles. The highest BCUT2D eigenvalue weighted by Gasteiger charge is 2.06. The van der Waals surface area contributed by atoms with Crippen molar-refractivity contribution < 1.29 is 9.50 Å². The van der Waals surface area contributed by atoms with E-state index >= 15 is 0 Å². The third-order valence-electron chi connectivity index (χ3n) is 3.06. The summed E-state index contributed by atoms with van der Waals surface area (Å²) in [4.78, 5) is 0. The van der Waals surface area contributed by atoms with Gasteiger partial charge in [0.2, 0.25) is 0 Å². The monoisotopic (exact) mass is 245 g/mol. The number of hydrogen-bond donors (Lipinski definition) is 2. The molecular formula is C15H16FNO. The quantitative estimate of drug-likeness (QED) is 0.863. The first-order chi connectivity index (χ1) is 8.59. The van der Waals surface area contributed by atoms with Gasteiger partial charge in [0.05, 0.1) is 0 Å². The van der Waals surface area contributed by atoms with Crippen LogP contribution in [0.15, 0.2) is 36.4 Å². The molecule has 0 amide bonds. The van der Waals surface area contributed by atoms with Gasteiger partial charge < -0.3 is 10.4 Å². The van der Waals surface area contributed by atoms with E-state index in [0.717, 1.165) is 16.8 Å². The molecule has 2 N–H and O–H groups in total. The zero-order valence-corrected chi connectivity index (χ0v) is 10.5. The van der Waals surface area contributed by atoms with E-state index in [4.69, 9.17) is 0 Å². The SMILES string of the molecule is Cc1cccc(CNc2cccc(F)c2C)c1O. The number of phenolic OH excluding ortho intramolecular Hbond substituents is 1. The van der Waals surface area contributed by atoms with E-state index in [1.807, 2.05) is 31.2 Å². The number of phenols is 1. The van der Waals surface area contributed by atoms with E-state index in [2.05, 4.69) is 5.32 Å². The van der Waals surface area contributed by atoms with Crippen LogP contribution in [0.25, 0.3) is 0 Å². The third kappa shape index (κ3) is 2.45. The fourth-order valence-electron chi connectivity index (χ4n) is 1.85. The van der Waals surface area contributed by atoms with Crippen LogP contribution < -0.4 is 5.32 Å². The molecule has 0 heterocycles. The van der Waals surface area contributed by atoms with Gasteiger partial charge in [0.25, 0.3) is 0 Å². The van der Waals surface area contributed by atoms with Crippen molar-refractivity contribution in [3.63, 3.8) is 0 Å². The predicted octanol–water partition coefficient (Wildman–Crippen LogP) is 3.76. The summed E-state index contributed by atoms with van der Waals surface area (Å²) in [5.41, 5.74) is 2.98. The fourth-order valence-corrected chi connectivity index (χ4v) is 1.85. The van der Waals surface area contributed by atoms with Crippen molar-refractivity contribution in [2.75, 3.05) is 5.32 Å². The Hall–Kier alpha value is -2.03. The highest BCUT2D eigenvalue weighted by molar-refractivity contribution is 5.52. The average molecular weight is 245 g/mol. The van der Waals surface area contributed by atoms with Crippen LogP contribution in [-0.2, 0) is 6.54 Å². The van der Waals surface area contributed by atoms with Crippen molar-refractivity contribution >= 4 is 5.69 Å². The Kier molecular flexibility index (Phi) is 3.51. The van der Waals surface area contributed by atoms with E-state index in [1.54, 1.807) is 13.0 Å². The third-order valence-corrected chi connectivity index (χ3v) is 3.06.